The van der Waals surface area contributed by atoms with Crippen molar-refractivity contribution in [3.8, 4) is 0 Å². The first-order chi connectivity index (χ1) is 7.61. The molecule has 0 bridgehead atoms. The predicted molar refractivity (Wildman–Crippen MR) is 66.4 cm³/mol. The maximum atomic E-state index is 11.0. The number of hydrogen-bond donors (Lipinski definition) is 1. The Morgan fingerprint density at radius 2 is 2.31 bits per heavy atom. The largest absolute Gasteiger partial charge is 0.323 e. The fourth-order valence-corrected chi connectivity index (χ4v) is 1.23. The van der Waals surface area contributed by atoms with E-state index in [1.54, 1.807) is 6.07 Å². The van der Waals surface area contributed by atoms with Gasteiger partial charge in [0, 0.05) is 12.2 Å². The number of likely N-dealkylation sites (N-methyl/N-ethyl adjacent to an activating group) is 1. The van der Waals surface area contributed by atoms with E-state index in [1.165, 1.54) is 6.08 Å². The van der Waals surface area contributed by atoms with Gasteiger partial charge in [0.2, 0.25) is 5.91 Å². The van der Waals surface area contributed by atoms with Crippen LogP contribution in [0.2, 0.25) is 0 Å². The third kappa shape index (κ3) is 4.28. The molecule has 0 unspecified atom stereocenters. The number of carbonyl (C=O) groups excluding carboxylic acids is 1. The number of anilines is 1. The van der Waals surface area contributed by atoms with E-state index in [2.05, 4.69) is 22.9 Å². The van der Waals surface area contributed by atoms with Gasteiger partial charge in [-0.05, 0) is 50.4 Å². The van der Waals surface area contributed by atoms with Gasteiger partial charge in [0.1, 0.15) is 0 Å². The Morgan fingerprint density at radius 3 is 2.81 bits per heavy atom. The van der Waals surface area contributed by atoms with Crippen molar-refractivity contribution >= 4 is 11.6 Å². The van der Waals surface area contributed by atoms with Crippen molar-refractivity contribution in [2.24, 2.45) is 0 Å². The Morgan fingerprint density at radius 1 is 1.56 bits per heavy atom. The lowest BCUT2D eigenvalue weighted by Crippen LogP contribution is -2.15. The number of carbonyl (C=O) groups is 1. The second-order valence-corrected chi connectivity index (χ2v) is 3.85. The first-order valence-corrected chi connectivity index (χ1v) is 5.20. The van der Waals surface area contributed by atoms with E-state index in [-0.39, 0.29) is 5.91 Å². The summed E-state index contributed by atoms with van der Waals surface area (Å²) in [7, 11) is 4.08. The highest BCUT2D eigenvalue weighted by Gasteiger charge is 1.98. The van der Waals surface area contributed by atoms with Crippen LogP contribution in [-0.2, 0) is 11.2 Å². The molecule has 0 saturated carbocycles. The highest BCUT2D eigenvalue weighted by atomic mass is 16.1. The molecule has 1 N–H and O–H groups in total. The molecule has 0 spiro atoms. The van der Waals surface area contributed by atoms with Gasteiger partial charge in [0.25, 0.3) is 0 Å². The fraction of sp³-hybridized carbons (Fsp3) is 0.308. The maximum Gasteiger partial charge on any atom is 0.247 e. The van der Waals surface area contributed by atoms with E-state index in [0.29, 0.717) is 0 Å². The Kier molecular flexibility index (Phi) is 4.73. The Hall–Kier alpha value is -1.61. The van der Waals surface area contributed by atoms with Crippen LogP contribution in [0.25, 0.3) is 0 Å². The van der Waals surface area contributed by atoms with E-state index in [1.807, 2.05) is 26.2 Å². The van der Waals surface area contributed by atoms with Gasteiger partial charge in [0.05, 0.1) is 0 Å². The summed E-state index contributed by atoms with van der Waals surface area (Å²) in [5.74, 6) is -0.200. The number of rotatable bonds is 5. The fourth-order valence-electron chi connectivity index (χ4n) is 1.23. The van der Waals surface area contributed by atoms with E-state index >= 15 is 0 Å². The van der Waals surface area contributed by atoms with Crippen molar-refractivity contribution in [3.05, 3.63) is 42.5 Å². The van der Waals surface area contributed by atoms with Crippen LogP contribution in [0, 0.1) is 6.07 Å². The number of hydrogen-bond acceptors (Lipinski definition) is 2. The predicted octanol–water partition coefficient (Wildman–Crippen LogP) is 1.72. The van der Waals surface area contributed by atoms with Gasteiger partial charge in [-0.25, -0.2) is 0 Å². The Balaban J connectivity index is 2.54. The molecule has 0 fully saturated rings. The highest BCUT2D eigenvalue weighted by molar-refractivity contribution is 5.98. The lowest BCUT2D eigenvalue weighted by atomic mass is 10.1. The second kappa shape index (κ2) is 6.08. The molecule has 0 saturated heterocycles. The molecule has 0 aliphatic rings. The van der Waals surface area contributed by atoms with Crippen molar-refractivity contribution in [2.45, 2.75) is 6.42 Å². The number of benzene rings is 1. The zero-order valence-electron chi connectivity index (χ0n) is 9.79. The van der Waals surface area contributed by atoms with Crippen LogP contribution in [-0.4, -0.2) is 31.4 Å². The normalized spacial score (nSPS) is 10.2. The van der Waals surface area contributed by atoms with E-state index in [9.17, 15) is 4.79 Å². The van der Waals surface area contributed by atoms with E-state index in [0.717, 1.165) is 24.2 Å². The van der Waals surface area contributed by atoms with E-state index in [4.69, 9.17) is 0 Å². The minimum Gasteiger partial charge on any atom is -0.323 e. The summed E-state index contributed by atoms with van der Waals surface area (Å²) >= 11 is 0. The summed E-state index contributed by atoms with van der Waals surface area (Å²) in [4.78, 5) is 13.2. The molecule has 0 aliphatic heterocycles. The van der Waals surface area contributed by atoms with Crippen molar-refractivity contribution in [3.63, 3.8) is 0 Å². The third-order valence-electron chi connectivity index (χ3n) is 2.16. The molecule has 16 heavy (non-hydrogen) atoms. The van der Waals surface area contributed by atoms with Crippen LogP contribution in [0.4, 0.5) is 5.69 Å². The zero-order valence-corrected chi connectivity index (χ0v) is 9.79. The molecular weight excluding hydrogens is 200 g/mol. The average Bonchev–Trinajstić information content (AvgIpc) is 2.28. The molecule has 0 aliphatic carbocycles. The summed E-state index contributed by atoms with van der Waals surface area (Å²) in [5, 5.41) is 2.69. The molecule has 0 heterocycles. The van der Waals surface area contributed by atoms with Crippen LogP contribution in [0.5, 0.6) is 0 Å². The summed E-state index contributed by atoms with van der Waals surface area (Å²) in [6.07, 6.45) is 2.21. The van der Waals surface area contributed by atoms with Gasteiger partial charge < -0.3 is 10.2 Å². The van der Waals surface area contributed by atoms with Crippen LogP contribution in [0.15, 0.2) is 30.9 Å². The lowest BCUT2D eigenvalue weighted by Gasteiger charge is -2.09. The van der Waals surface area contributed by atoms with Crippen molar-refractivity contribution in [1.29, 1.82) is 0 Å². The molecule has 1 rings (SSSR count). The van der Waals surface area contributed by atoms with Crippen LogP contribution < -0.4 is 5.32 Å². The number of amides is 1. The molecule has 3 heteroatoms. The summed E-state index contributed by atoms with van der Waals surface area (Å²) < 4.78 is 0. The van der Waals surface area contributed by atoms with Crippen molar-refractivity contribution in [2.75, 3.05) is 26.0 Å². The molecule has 1 aromatic rings. The molecule has 1 radical (unpaired) electrons. The zero-order chi connectivity index (χ0) is 12.0. The molecule has 1 aromatic carbocycles. The van der Waals surface area contributed by atoms with Gasteiger partial charge in [-0.1, -0.05) is 12.6 Å². The van der Waals surface area contributed by atoms with Crippen molar-refractivity contribution in [1.82, 2.24) is 4.90 Å². The highest BCUT2D eigenvalue weighted by Crippen LogP contribution is 2.09. The SMILES string of the molecule is C=CC(=O)Nc1c[c]c(CCN(C)C)cc1. The van der Waals surface area contributed by atoms with Crippen LogP contribution in [0.3, 0.4) is 0 Å². The monoisotopic (exact) mass is 217 g/mol. The lowest BCUT2D eigenvalue weighted by molar-refractivity contribution is -0.111. The van der Waals surface area contributed by atoms with Crippen LogP contribution >= 0.6 is 0 Å². The molecular formula is C13H17N2O. The third-order valence-corrected chi connectivity index (χ3v) is 2.16. The van der Waals surface area contributed by atoms with Crippen LogP contribution in [0.1, 0.15) is 5.56 Å². The number of nitrogens with one attached hydrogen (secondary N) is 1. The molecule has 85 valence electrons. The van der Waals surface area contributed by atoms with Crippen molar-refractivity contribution < 1.29 is 4.79 Å². The first kappa shape index (κ1) is 12.5. The van der Waals surface area contributed by atoms with Gasteiger partial charge in [-0.3, -0.25) is 4.79 Å². The Bertz CT molecular complexity index is 355. The van der Waals surface area contributed by atoms with Gasteiger partial charge >= 0.3 is 0 Å². The summed E-state index contributed by atoms with van der Waals surface area (Å²) in [5.41, 5.74) is 1.89. The standard InChI is InChI=1S/C13H17N2O/c1-4-13(16)14-12-7-5-11(6-8-12)9-10-15(2)3/h4-5,7-8H,1,9-10H2,2-3H3,(H,14,16). The minimum absolute atomic E-state index is 0.200. The topological polar surface area (TPSA) is 32.3 Å². The molecule has 3 nitrogen and oxygen atoms in total. The first-order valence-electron chi connectivity index (χ1n) is 5.20. The Labute approximate surface area is 96.8 Å². The van der Waals surface area contributed by atoms with E-state index < -0.39 is 0 Å². The number of nitrogens with zero attached hydrogens (tertiary/aromatic N) is 1. The summed E-state index contributed by atoms with van der Waals surface area (Å²) in [6, 6.07) is 8.78. The van der Waals surface area contributed by atoms with Gasteiger partial charge in [0.15, 0.2) is 0 Å². The molecule has 0 aromatic heterocycles. The average molecular weight is 217 g/mol. The van der Waals surface area contributed by atoms with Gasteiger partial charge in [-0.2, -0.15) is 0 Å². The second-order valence-electron chi connectivity index (χ2n) is 3.85. The molecule has 1 amide bonds. The maximum absolute atomic E-state index is 11.0. The molecule has 0 atom stereocenters. The van der Waals surface area contributed by atoms with Gasteiger partial charge in [-0.15, -0.1) is 0 Å². The smallest absolute Gasteiger partial charge is 0.247 e. The summed E-state index contributed by atoms with van der Waals surface area (Å²) in [6.45, 7) is 4.39. The quantitative estimate of drug-likeness (QED) is 0.762. The minimum atomic E-state index is -0.200.